The van der Waals surface area contributed by atoms with E-state index >= 15 is 0 Å². The maximum atomic E-state index is 10.9. The van der Waals surface area contributed by atoms with Crippen molar-refractivity contribution in [3.63, 3.8) is 0 Å². The maximum absolute atomic E-state index is 10.9. The van der Waals surface area contributed by atoms with Crippen LogP contribution in [0, 0.1) is 10.1 Å². The van der Waals surface area contributed by atoms with Crippen LogP contribution < -0.4 is 9.64 Å². The molecule has 0 spiro atoms. The zero-order chi connectivity index (χ0) is 13.9. The Hall–Kier alpha value is -2.57. The molecule has 7 nitrogen and oxygen atoms in total. The van der Waals surface area contributed by atoms with Gasteiger partial charge in [-0.25, -0.2) is 4.98 Å². The van der Waals surface area contributed by atoms with Crippen LogP contribution in [0.25, 0.3) is 0 Å². The second kappa shape index (κ2) is 5.20. The van der Waals surface area contributed by atoms with Gasteiger partial charge < -0.3 is 14.6 Å². The third kappa shape index (κ3) is 2.42. The summed E-state index contributed by atoms with van der Waals surface area (Å²) in [6.07, 6.45) is 4.31. The molecule has 0 atom stereocenters. The number of ether oxygens (including phenoxy) is 1. The number of H-pyrrole nitrogens is 1. The number of aromatic nitrogens is 2. The van der Waals surface area contributed by atoms with E-state index in [1.54, 1.807) is 18.5 Å². The third-order valence-electron chi connectivity index (χ3n) is 3.23. The predicted octanol–water partition coefficient (Wildman–Crippen LogP) is 2.11. The maximum Gasteiger partial charge on any atom is 0.271 e. The Bertz CT molecular complexity index is 612. The number of nitro benzene ring substituents is 1. The van der Waals surface area contributed by atoms with Crippen molar-refractivity contribution in [3.8, 4) is 5.75 Å². The minimum absolute atomic E-state index is 0.0706. The SMILES string of the molecule is O=[N+]([O-])c1ccc2c(c1)N(Cc1c[nH]cn1)CCCO2. The van der Waals surface area contributed by atoms with Gasteiger partial charge in [-0.1, -0.05) is 0 Å². The number of anilines is 1. The molecule has 0 unspecified atom stereocenters. The normalized spacial score (nSPS) is 14.3. The molecule has 0 saturated carbocycles. The van der Waals surface area contributed by atoms with Gasteiger partial charge in [-0.3, -0.25) is 10.1 Å². The van der Waals surface area contributed by atoms with E-state index in [0.717, 1.165) is 24.3 Å². The Kier molecular flexibility index (Phi) is 3.24. The van der Waals surface area contributed by atoms with E-state index in [9.17, 15) is 10.1 Å². The van der Waals surface area contributed by atoms with Crippen LogP contribution in [0.4, 0.5) is 11.4 Å². The molecule has 104 valence electrons. The number of aromatic amines is 1. The molecule has 0 bridgehead atoms. The van der Waals surface area contributed by atoms with Crippen molar-refractivity contribution in [3.05, 3.63) is 46.5 Å². The van der Waals surface area contributed by atoms with Gasteiger partial charge in [0.05, 0.1) is 35.8 Å². The summed E-state index contributed by atoms with van der Waals surface area (Å²) >= 11 is 0. The lowest BCUT2D eigenvalue weighted by Crippen LogP contribution is -2.23. The molecule has 1 aliphatic heterocycles. The first-order valence-corrected chi connectivity index (χ1v) is 6.38. The van der Waals surface area contributed by atoms with Crippen molar-refractivity contribution >= 4 is 11.4 Å². The third-order valence-corrected chi connectivity index (χ3v) is 3.23. The number of imidazole rings is 1. The Labute approximate surface area is 115 Å². The summed E-state index contributed by atoms with van der Waals surface area (Å²) in [7, 11) is 0. The van der Waals surface area contributed by atoms with E-state index in [4.69, 9.17) is 4.74 Å². The average Bonchev–Trinajstić information content (AvgIpc) is 2.87. The van der Waals surface area contributed by atoms with Crippen LogP contribution in [0.15, 0.2) is 30.7 Å². The first-order chi connectivity index (χ1) is 9.74. The van der Waals surface area contributed by atoms with Crippen LogP contribution in [0.3, 0.4) is 0 Å². The molecule has 1 aromatic heterocycles. The standard InChI is InChI=1S/C13H14N4O3/c18-17(19)11-2-3-13-12(6-11)16(4-1-5-20-13)8-10-7-14-9-15-10/h2-3,6-7,9H,1,4-5,8H2,(H,14,15). The molecule has 0 amide bonds. The number of nitro groups is 1. The molecule has 0 aliphatic carbocycles. The number of non-ortho nitro benzene ring substituents is 1. The summed E-state index contributed by atoms with van der Waals surface area (Å²) in [6, 6.07) is 4.69. The Balaban J connectivity index is 1.96. The first-order valence-electron chi connectivity index (χ1n) is 6.38. The topological polar surface area (TPSA) is 84.3 Å². The van der Waals surface area contributed by atoms with E-state index in [2.05, 4.69) is 14.9 Å². The molecule has 0 fully saturated rings. The van der Waals surface area contributed by atoms with Crippen molar-refractivity contribution in [1.82, 2.24) is 9.97 Å². The van der Waals surface area contributed by atoms with Gasteiger partial charge in [-0.15, -0.1) is 0 Å². The Morgan fingerprint density at radius 1 is 1.50 bits per heavy atom. The van der Waals surface area contributed by atoms with Crippen molar-refractivity contribution < 1.29 is 9.66 Å². The predicted molar refractivity (Wildman–Crippen MR) is 72.8 cm³/mol. The fraction of sp³-hybridized carbons (Fsp3) is 0.308. The number of benzene rings is 1. The van der Waals surface area contributed by atoms with Crippen molar-refractivity contribution in [2.45, 2.75) is 13.0 Å². The lowest BCUT2D eigenvalue weighted by Gasteiger charge is -2.22. The molecule has 2 heterocycles. The number of hydrogen-bond acceptors (Lipinski definition) is 5. The lowest BCUT2D eigenvalue weighted by atomic mass is 10.2. The molecule has 7 heteroatoms. The zero-order valence-corrected chi connectivity index (χ0v) is 10.8. The highest BCUT2D eigenvalue weighted by molar-refractivity contribution is 5.63. The number of nitrogens with one attached hydrogen (secondary N) is 1. The Morgan fingerprint density at radius 3 is 3.15 bits per heavy atom. The van der Waals surface area contributed by atoms with Crippen LogP contribution in [0.2, 0.25) is 0 Å². The largest absolute Gasteiger partial charge is 0.491 e. The second-order valence-corrected chi connectivity index (χ2v) is 4.59. The van der Waals surface area contributed by atoms with Crippen LogP contribution in [-0.2, 0) is 6.54 Å². The minimum Gasteiger partial charge on any atom is -0.491 e. The van der Waals surface area contributed by atoms with E-state index in [-0.39, 0.29) is 5.69 Å². The van der Waals surface area contributed by atoms with Crippen LogP contribution in [0.5, 0.6) is 5.75 Å². The van der Waals surface area contributed by atoms with Gasteiger partial charge in [0.15, 0.2) is 0 Å². The molecule has 0 saturated heterocycles. The summed E-state index contributed by atoms with van der Waals surface area (Å²) in [6.45, 7) is 1.99. The molecule has 1 aromatic carbocycles. The number of hydrogen-bond donors (Lipinski definition) is 1. The fourth-order valence-corrected chi connectivity index (χ4v) is 2.28. The van der Waals surface area contributed by atoms with Gasteiger partial charge in [0.25, 0.3) is 5.69 Å². The van der Waals surface area contributed by atoms with Crippen LogP contribution in [-0.4, -0.2) is 28.0 Å². The molecule has 3 rings (SSSR count). The minimum atomic E-state index is -0.391. The van der Waals surface area contributed by atoms with Gasteiger partial charge in [0, 0.05) is 24.9 Å². The molecular weight excluding hydrogens is 260 g/mol. The fourth-order valence-electron chi connectivity index (χ4n) is 2.28. The summed E-state index contributed by atoms with van der Waals surface area (Å²) < 4.78 is 5.64. The zero-order valence-electron chi connectivity index (χ0n) is 10.8. The van der Waals surface area contributed by atoms with Crippen LogP contribution >= 0.6 is 0 Å². The summed E-state index contributed by atoms with van der Waals surface area (Å²) in [4.78, 5) is 19.7. The monoisotopic (exact) mass is 274 g/mol. The molecule has 20 heavy (non-hydrogen) atoms. The number of fused-ring (bicyclic) bond motifs is 1. The van der Waals surface area contributed by atoms with Crippen molar-refractivity contribution in [1.29, 1.82) is 0 Å². The van der Waals surface area contributed by atoms with Gasteiger partial charge in [-0.05, 0) is 12.5 Å². The second-order valence-electron chi connectivity index (χ2n) is 4.59. The molecule has 1 aliphatic rings. The summed E-state index contributed by atoms with van der Waals surface area (Å²) in [5, 5.41) is 10.9. The van der Waals surface area contributed by atoms with Gasteiger partial charge in [0.1, 0.15) is 5.75 Å². The van der Waals surface area contributed by atoms with E-state index in [1.807, 2.05) is 6.20 Å². The quantitative estimate of drug-likeness (QED) is 0.684. The van der Waals surface area contributed by atoms with Gasteiger partial charge >= 0.3 is 0 Å². The highest BCUT2D eigenvalue weighted by Gasteiger charge is 2.20. The van der Waals surface area contributed by atoms with Gasteiger partial charge in [-0.2, -0.15) is 0 Å². The summed E-state index contributed by atoms with van der Waals surface area (Å²) in [5.74, 6) is 0.684. The van der Waals surface area contributed by atoms with E-state index in [1.165, 1.54) is 6.07 Å². The van der Waals surface area contributed by atoms with E-state index < -0.39 is 4.92 Å². The average molecular weight is 274 g/mol. The molecule has 2 aromatic rings. The van der Waals surface area contributed by atoms with Crippen molar-refractivity contribution in [2.75, 3.05) is 18.1 Å². The number of rotatable bonds is 3. The van der Waals surface area contributed by atoms with Gasteiger partial charge in [0.2, 0.25) is 0 Å². The molecule has 0 radical (unpaired) electrons. The summed E-state index contributed by atoms with van der Waals surface area (Å²) in [5.41, 5.74) is 1.71. The van der Waals surface area contributed by atoms with Crippen LogP contribution in [0.1, 0.15) is 12.1 Å². The number of nitrogens with zero attached hydrogens (tertiary/aromatic N) is 3. The first kappa shape index (κ1) is 12.5. The highest BCUT2D eigenvalue weighted by atomic mass is 16.6. The molecule has 1 N–H and O–H groups in total. The highest BCUT2D eigenvalue weighted by Crippen LogP contribution is 2.34. The lowest BCUT2D eigenvalue weighted by molar-refractivity contribution is -0.384. The smallest absolute Gasteiger partial charge is 0.271 e. The van der Waals surface area contributed by atoms with Crippen molar-refractivity contribution in [2.24, 2.45) is 0 Å². The van der Waals surface area contributed by atoms with E-state index in [0.29, 0.717) is 18.9 Å². The Morgan fingerprint density at radius 2 is 2.40 bits per heavy atom. The molecular formula is C13H14N4O3.